The molecule has 0 aromatic rings. The number of hydrogen-bond acceptors (Lipinski definition) is 2. The van der Waals surface area contributed by atoms with E-state index in [9.17, 15) is 4.79 Å². The maximum atomic E-state index is 10.5. The van der Waals surface area contributed by atoms with Crippen molar-refractivity contribution in [3.8, 4) is 0 Å². The van der Waals surface area contributed by atoms with Crippen molar-refractivity contribution in [2.75, 3.05) is 40.2 Å². The van der Waals surface area contributed by atoms with Crippen molar-refractivity contribution >= 4 is 17.6 Å². The maximum absolute atomic E-state index is 10.5. The molecule has 0 atom stereocenters. The molecule has 0 saturated heterocycles. The molecule has 0 aliphatic heterocycles. The number of esters is 1. The first kappa shape index (κ1) is 10.7. The van der Waals surface area contributed by atoms with Gasteiger partial charge in [0.15, 0.2) is 0 Å². The van der Waals surface area contributed by atoms with Gasteiger partial charge in [0, 0.05) is 0 Å². The van der Waals surface area contributed by atoms with Gasteiger partial charge in [-0.3, -0.25) is 4.79 Å². The fraction of sp³-hybridized carbons (Fsp3) is 0.857. The van der Waals surface area contributed by atoms with Crippen LogP contribution < -0.4 is 0 Å². The first-order valence-corrected chi connectivity index (χ1v) is 4.01. The lowest BCUT2D eigenvalue weighted by atomic mass is 10.5. The fourth-order valence-electron chi connectivity index (χ4n) is 0.472. The van der Waals surface area contributed by atoms with E-state index in [4.69, 9.17) is 16.3 Å². The van der Waals surface area contributed by atoms with E-state index in [0.29, 0.717) is 6.61 Å². The van der Waals surface area contributed by atoms with Crippen LogP contribution in [0.4, 0.5) is 0 Å². The van der Waals surface area contributed by atoms with Gasteiger partial charge >= 0.3 is 5.97 Å². The zero-order valence-electron chi connectivity index (χ0n) is 7.26. The molecule has 0 aliphatic carbocycles. The summed E-state index contributed by atoms with van der Waals surface area (Å²) in [5.74, 6) is -0.406. The number of ether oxygens (including phenoxy) is 1. The number of carbonyl (C=O) groups excluding carboxylic acids is 1. The number of hydrogen-bond donors (Lipinski definition) is 0. The van der Waals surface area contributed by atoms with Crippen LogP contribution in [0.5, 0.6) is 0 Å². The van der Waals surface area contributed by atoms with E-state index in [-0.39, 0.29) is 11.8 Å². The van der Waals surface area contributed by atoms with Crippen molar-refractivity contribution in [3.63, 3.8) is 0 Å². The molecule has 0 amide bonds. The molecule has 11 heavy (non-hydrogen) atoms. The first-order valence-electron chi connectivity index (χ1n) is 3.48. The Labute approximate surface area is 72.5 Å². The van der Waals surface area contributed by atoms with Gasteiger partial charge in [-0.25, -0.2) is 0 Å². The van der Waals surface area contributed by atoms with Crippen molar-refractivity contribution in [3.05, 3.63) is 0 Å². The van der Waals surface area contributed by atoms with Gasteiger partial charge in [0.05, 0.1) is 21.1 Å². The van der Waals surface area contributed by atoms with Crippen molar-refractivity contribution in [1.82, 2.24) is 0 Å². The number of nitrogens with zero attached hydrogens (tertiary/aromatic N) is 1. The Balaban J connectivity index is 3.35. The van der Waals surface area contributed by atoms with E-state index < -0.39 is 0 Å². The van der Waals surface area contributed by atoms with E-state index in [1.165, 1.54) is 0 Å². The largest absolute Gasteiger partial charge is 0.459 e. The Hall–Kier alpha value is -0.280. The minimum absolute atomic E-state index is 0.0584. The van der Waals surface area contributed by atoms with Crippen LogP contribution in [0.2, 0.25) is 0 Å². The Morgan fingerprint density at radius 2 is 2.00 bits per heavy atom. The van der Waals surface area contributed by atoms with Gasteiger partial charge in [0.25, 0.3) is 0 Å². The van der Waals surface area contributed by atoms with E-state index >= 15 is 0 Å². The van der Waals surface area contributed by atoms with Gasteiger partial charge in [-0.1, -0.05) is 0 Å². The van der Waals surface area contributed by atoms with Gasteiger partial charge in [-0.05, 0) is 0 Å². The van der Waals surface area contributed by atoms with E-state index in [1.54, 1.807) is 0 Å². The molecule has 0 spiro atoms. The van der Waals surface area contributed by atoms with E-state index in [0.717, 1.165) is 11.0 Å². The summed E-state index contributed by atoms with van der Waals surface area (Å²) >= 11 is 5.22. The summed E-state index contributed by atoms with van der Waals surface area (Å²) in [7, 11) is 6.11. The summed E-state index contributed by atoms with van der Waals surface area (Å²) in [6, 6.07) is 0. The summed E-state index contributed by atoms with van der Waals surface area (Å²) < 4.78 is 5.57. The minimum Gasteiger partial charge on any atom is -0.459 e. The number of quaternary nitrogens is 1. The van der Waals surface area contributed by atoms with Crippen LogP contribution in [0.25, 0.3) is 0 Å². The van der Waals surface area contributed by atoms with E-state index in [1.807, 2.05) is 21.1 Å². The molecule has 0 saturated carbocycles. The summed E-state index contributed by atoms with van der Waals surface area (Å²) in [4.78, 5) is 10.5. The second kappa shape index (κ2) is 4.57. The lowest BCUT2D eigenvalue weighted by Crippen LogP contribution is -2.38. The molecule has 4 heteroatoms. The van der Waals surface area contributed by atoms with Gasteiger partial charge < -0.3 is 9.22 Å². The van der Waals surface area contributed by atoms with Crippen molar-refractivity contribution in [2.24, 2.45) is 0 Å². The molecule has 0 N–H and O–H groups in total. The number of likely N-dealkylation sites (N-methyl/N-ethyl adjacent to an activating group) is 1. The molecule has 0 fully saturated rings. The SMILES string of the molecule is C[N+](C)(C)CCOC(=O)CCl. The van der Waals surface area contributed by atoms with Gasteiger partial charge in [-0.15, -0.1) is 11.6 Å². The Bertz CT molecular complexity index is 131. The lowest BCUT2D eigenvalue weighted by molar-refractivity contribution is -0.870. The summed E-state index contributed by atoms with van der Waals surface area (Å²) in [5, 5.41) is 0. The maximum Gasteiger partial charge on any atom is 0.321 e. The zero-order valence-corrected chi connectivity index (χ0v) is 8.02. The summed E-state index contributed by atoms with van der Waals surface area (Å²) in [6.45, 7) is 1.25. The second-order valence-electron chi connectivity index (χ2n) is 3.37. The third-order valence-corrected chi connectivity index (χ3v) is 1.35. The third kappa shape index (κ3) is 7.62. The minimum atomic E-state index is -0.347. The molecular formula is C7H15ClNO2+. The molecule has 0 aromatic heterocycles. The second-order valence-corrected chi connectivity index (χ2v) is 3.64. The number of halogens is 1. The third-order valence-electron chi connectivity index (χ3n) is 1.13. The highest BCUT2D eigenvalue weighted by Gasteiger charge is 2.07. The topological polar surface area (TPSA) is 26.3 Å². The first-order chi connectivity index (χ1) is 4.95. The average molecular weight is 181 g/mol. The van der Waals surface area contributed by atoms with Crippen molar-refractivity contribution < 1.29 is 14.0 Å². The molecule has 66 valence electrons. The average Bonchev–Trinajstić information content (AvgIpc) is 1.85. The van der Waals surface area contributed by atoms with Crippen LogP contribution >= 0.6 is 11.6 Å². The van der Waals surface area contributed by atoms with Gasteiger partial charge in [-0.2, -0.15) is 0 Å². The predicted octanol–water partition coefficient (Wildman–Crippen LogP) is 0.475. The fourth-order valence-corrected chi connectivity index (χ4v) is 0.549. The molecule has 0 heterocycles. The molecule has 0 aromatic carbocycles. The number of rotatable bonds is 4. The lowest BCUT2D eigenvalue weighted by Gasteiger charge is -2.23. The molecule has 0 bridgehead atoms. The van der Waals surface area contributed by atoms with Gasteiger partial charge in [0.1, 0.15) is 19.0 Å². The molecular weight excluding hydrogens is 166 g/mol. The number of alkyl halides is 1. The van der Waals surface area contributed by atoms with Crippen LogP contribution in [-0.4, -0.2) is 50.6 Å². The van der Waals surface area contributed by atoms with Crippen LogP contribution in [-0.2, 0) is 9.53 Å². The standard InChI is InChI=1S/C7H15ClNO2/c1-9(2,3)4-5-11-7(10)6-8/h4-6H2,1-3H3/q+1. The van der Waals surface area contributed by atoms with Crippen LogP contribution in [0.15, 0.2) is 0 Å². The normalized spacial score (nSPS) is 11.3. The van der Waals surface area contributed by atoms with Crippen molar-refractivity contribution in [2.45, 2.75) is 0 Å². The highest BCUT2D eigenvalue weighted by molar-refractivity contribution is 6.26. The zero-order chi connectivity index (χ0) is 8.91. The highest BCUT2D eigenvalue weighted by atomic mass is 35.5. The van der Waals surface area contributed by atoms with Gasteiger partial charge in [0.2, 0.25) is 0 Å². The predicted molar refractivity (Wildman–Crippen MR) is 44.6 cm³/mol. The molecule has 3 nitrogen and oxygen atoms in total. The van der Waals surface area contributed by atoms with Crippen LogP contribution in [0, 0.1) is 0 Å². The summed E-state index contributed by atoms with van der Waals surface area (Å²) in [5.41, 5.74) is 0. The van der Waals surface area contributed by atoms with Crippen molar-refractivity contribution in [1.29, 1.82) is 0 Å². The Morgan fingerprint density at radius 3 is 2.36 bits per heavy atom. The highest BCUT2D eigenvalue weighted by Crippen LogP contribution is 1.90. The van der Waals surface area contributed by atoms with Crippen LogP contribution in [0.3, 0.4) is 0 Å². The Morgan fingerprint density at radius 1 is 1.45 bits per heavy atom. The molecule has 0 unspecified atom stereocenters. The molecule has 0 aliphatic rings. The smallest absolute Gasteiger partial charge is 0.321 e. The quantitative estimate of drug-likeness (QED) is 0.357. The number of carbonyl (C=O) groups is 1. The molecule has 0 radical (unpaired) electrons. The Kier molecular flexibility index (Phi) is 4.45. The van der Waals surface area contributed by atoms with Crippen LogP contribution in [0.1, 0.15) is 0 Å². The monoisotopic (exact) mass is 180 g/mol. The molecule has 0 rings (SSSR count). The van der Waals surface area contributed by atoms with E-state index in [2.05, 4.69) is 0 Å². The summed E-state index contributed by atoms with van der Waals surface area (Å²) in [6.07, 6.45) is 0.